The molecule has 7 heteroatoms. The average Bonchev–Trinajstić information content (AvgIpc) is 2.68. The number of methoxy groups -OCH3 is 1. The van der Waals surface area contributed by atoms with E-state index in [1.165, 1.54) is 5.56 Å². The zero-order valence-corrected chi connectivity index (χ0v) is 15.1. The number of aromatic nitrogens is 3. The first-order chi connectivity index (χ1) is 12.7. The van der Waals surface area contributed by atoms with Crippen molar-refractivity contribution in [1.82, 2.24) is 19.9 Å². The predicted octanol–water partition coefficient (Wildman–Crippen LogP) is 2.43. The fourth-order valence-corrected chi connectivity index (χ4v) is 3.23. The summed E-state index contributed by atoms with van der Waals surface area (Å²) in [7, 11) is 1.56. The Kier molecular flexibility index (Phi) is 6.49. The number of anilines is 2. The summed E-state index contributed by atoms with van der Waals surface area (Å²) in [6, 6.07) is 5.88. The van der Waals surface area contributed by atoms with Crippen LogP contribution in [0.25, 0.3) is 0 Å². The van der Waals surface area contributed by atoms with Crippen LogP contribution < -0.4 is 5.32 Å². The Morgan fingerprint density at radius 1 is 1.23 bits per heavy atom. The zero-order valence-electron chi connectivity index (χ0n) is 15.1. The molecule has 1 aliphatic rings. The highest BCUT2D eigenvalue weighted by Gasteiger charge is 2.22. The van der Waals surface area contributed by atoms with E-state index in [4.69, 9.17) is 4.74 Å². The summed E-state index contributed by atoms with van der Waals surface area (Å²) < 4.78 is 4.93. The SMILES string of the molecule is COCC(=O)N1CCC(CCc2ccnc(Nc3ncccn3)c2)CC1. The number of ether oxygens (including phenoxy) is 1. The van der Waals surface area contributed by atoms with Gasteiger partial charge in [0, 0.05) is 38.8 Å². The maximum absolute atomic E-state index is 11.8. The van der Waals surface area contributed by atoms with Crippen LogP contribution in [0.5, 0.6) is 0 Å². The van der Waals surface area contributed by atoms with Crippen LogP contribution >= 0.6 is 0 Å². The molecule has 0 aromatic carbocycles. The van der Waals surface area contributed by atoms with E-state index in [2.05, 4.69) is 20.3 Å². The van der Waals surface area contributed by atoms with Crippen LogP contribution in [0, 0.1) is 5.92 Å². The molecule has 3 rings (SSSR count). The Balaban J connectivity index is 1.47. The average molecular weight is 355 g/mol. The Bertz CT molecular complexity index is 702. The molecule has 0 spiro atoms. The zero-order chi connectivity index (χ0) is 18.2. The number of hydrogen-bond acceptors (Lipinski definition) is 6. The first kappa shape index (κ1) is 18.3. The molecule has 3 heterocycles. The van der Waals surface area contributed by atoms with E-state index in [0.29, 0.717) is 11.9 Å². The molecule has 0 bridgehead atoms. The van der Waals surface area contributed by atoms with Gasteiger partial charge in [0.2, 0.25) is 11.9 Å². The topological polar surface area (TPSA) is 80.2 Å². The molecule has 0 radical (unpaired) electrons. The van der Waals surface area contributed by atoms with E-state index in [9.17, 15) is 4.79 Å². The molecule has 26 heavy (non-hydrogen) atoms. The Labute approximate surface area is 153 Å². The molecule has 7 nitrogen and oxygen atoms in total. The second-order valence-electron chi connectivity index (χ2n) is 6.54. The van der Waals surface area contributed by atoms with E-state index >= 15 is 0 Å². The molecule has 0 saturated carbocycles. The minimum atomic E-state index is 0.0962. The van der Waals surface area contributed by atoms with Crippen molar-refractivity contribution < 1.29 is 9.53 Å². The van der Waals surface area contributed by atoms with Gasteiger partial charge >= 0.3 is 0 Å². The van der Waals surface area contributed by atoms with E-state index in [0.717, 1.165) is 44.6 Å². The van der Waals surface area contributed by atoms with Gasteiger partial charge in [-0.05, 0) is 55.4 Å². The van der Waals surface area contributed by atoms with Gasteiger partial charge in [0.05, 0.1) is 0 Å². The van der Waals surface area contributed by atoms with Gasteiger partial charge in [-0.3, -0.25) is 4.79 Å². The van der Waals surface area contributed by atoms with Gasteiger partial charge in [-0.25, -0.2) is 15.0 Å². The minimum Gasteiger partial charge on any atom is -0.375 e. The lowest BCUT2D eigenvalue weighted by molar-refractivity contribution is -0.136. The summed E-state index contributed by atoms with van der Waals surface area (Å²) in [5.41, 5.74) is 1.25. The lowest BCUT2D eigenvalue weighted by Crippen LogP contribution is -2.40. The summed E-state index contributed by atoms with van der Waals surface area (Å²) in [5, 5.41) is 3.12. The summed E-state index contributed by atoms with van der Waals surface area (Å²) in [5.74, 6) is 2.06. The molecule has 1 aliphatic heterocycles. The van der Waals surface area contributed by atoms with Crippen LogP contribution in [0.3, 0.4) is 0 Å². The van der Waals surface area contributed by atoms with Crippen LogP contribution in [-0.2, 0) is 16.0 Å². The van der Waals surface area contributed by atoms with Crippen molar-refractivity contribution in [3.63, 3.8) is 0 Å². The van der Waals surface area contributed by atoms with E-state index in [1.807, 2.05) is 23.2 Å². The summed E-state index contributed by atoms with van der Waals surface area (Å²) in [6.45, 7) is 1.85. The fourth-order valence-electron chi connectivity index (χ4n) is 3.23. The van der Waals surface area contributed by atoms with Crippen LogP contribution in [0.2, 0.25) is 0 Å². The molecule has 1 fully saturated rings. The van der Waals surface area contributed by atoms with Crippen LogP contribution in [0.4, 0.5) is 11.8 Å². The van der Waals surface area contributed by atoms with Crippen LogP contribution in [0.15, 0.2) is 36.8 Å². The van der Waals surface area contributed by atoms with E-state index in [1.54, 1.807) is 25.6 Å². The first-order valence-electron chi connectivity index (χ1n) is 9.00. The Hall–Kier alpha value is -2.54. The number of carbonyl (C=O) groups is 1. The van der Waals surface area contributed by atoms with Crippen LogP contribution in [0.1, 0.15) is 24.8 Å². The summed E-state index contributed by atoms with van der Waals surface area (Å²) in [6.07, 6.45) is 9.45. The maximum atomic E-state index is 11.8. The Morgan fingerprint density at radius 3 is 2.73 bits per heavy atom. The van der Waals surface area contributed by atoms with Crippen molar-refractivity contribution in [3.8, 4) is 0 Å². The minimum absolute atomic E-state index is 0.0962. The van der Waals surface area contributed by atoms with Crippen LogP contribution in [-0.4, -0.2) is 52.6 Å². The summed E-state index contributed by atoms with van der Waals surface area (Å²) in [4.78, 5) is 26.4. The number of carbonyl (C=O) groups excluding carboxylic acids is 1. The van der Waals surface area contributed by atoms with Gasteiger partial charge in [0.25, 0.3) is 0 Å². The van der Waals surface area contributed by atoms with Gasteiger partial charge < -0.3 is 15.0 Å². The van der Waals surface area contributed by atoms with Crippen molar-refractivity contribution in [1.29, 1.82) is 0 Å². The van der Waals surface area contributed by atoms with Crippen molar-refractivity contribution in [2.75, 3.05) is 32.1 Å². The number of aryl methyl sites for hydroxylation is 1. The molecule has 0 unspecified atom stereocenters. The number of pyridine rings is 1. The lowest BCUT2D eigenvalue weighted by Gasteiger charge is -2.32. The molecule has 1 N–H and O–H groups in total. The monoisotopic (exact) mass is 355 g/mol. The molecule has 0 atom stereocenters. The third kappa shape index (κ3) is 5.23. The highest BCUT2D eigenvalue weighted by Crippen LogP contribution is 2.23. The molecule has 2 aromatic rings. The van der Waals surface area contributed by atoms with Gasteiger partial charge in [0.1, 0.15) is 12.4 Å². The predicted molar refractivity (Wildman–Crippen MR) is 99.1 cm³/mol. The number of hydrogen-bond donors (Lipinski definition) is 1. The maximum Gasteiger partial charge on any atom is 0.248 e. The fraction of sp³-hybridized carbons (Fsp3) is 0.474. The molecule has 138 valence electrons. The van der Waals surface area contributed by atoms with E-state index in [-0.39, 0.29) is 12.5 Å². The molecule has 2 aromatic heterocycles. The smallest absolute Gasteiger partial charge is 0.248 e. The van der Waals surface area contributed by atoms with E-state index < -0.39 is 0 Å². The normalized spacial score (nSPS) is 15.0. The third-order valence-electron chi connectivity index (χ3n) is 4.71. The number of piperidine rings is 1. The highest BCUT2D eigenvalue weighted by molar-refractivity contribution is 5.77. The quantitative estimate of drug-likeness (QED) is 0.822. The number of rotatable bonds is 7. The Morgan fingerprint density at radius 2 is 2.00 bits per heavy atom. The van der Waals surface area contributed by atoms with Gasteiger partial charge in [-0.1, -0.05) is 0 Å². The number of nitrogens with one attached hydrogen (secondary N) is 1. The lowest BCUT2D eigenvalue weighted by atomic mass is 9.90. The molecule has 1 saturated heterocycles. The van der Waals surface area contributed by atoms with Gasteiger partial charge in [-0.15, -0.1) is 0 Å². The highest BCUT2D eigenvalue weighted by atomic mass is 16.5. The van der Waals surface area contributed by atoms with Gasteiger partial charge in [-0.2, -0.15) is 0 Å². The largest absolute Gasteiger partial charge is 0.375 e. The number of nitrogens with zero attached hydrogens (tertiary/aromatic N) is 4. The number of likely N-dealkylation sites (tertiary alicyclic amines) is 1. The molecular formula is C19H25N5O2. The summed E-state index contributed by atoms with van der Waals surface area (Å²) >= 11 is 0. The number of amides is 1. The second kappa shape index (κ2) is 9.24. The van der Waals surface area contributed by atoms with Gasteiger partial charge in [0.15, 0.2) is 0 Å². The molecule has 1 amide bonds. The standard InChI is InChI=1S/C19H25N5O2/c1-26-14-18(25)24-11-6-15(7-12-24)3-4-16-5-10-20-17(13-16)23-19-21-8-2-9-22-19/h2,5,8-10,13,15H,3-4,6-7,11-12,14H2,1H3,(H,20,21,22,23). The van der Waals surface area contributed by atoms with Crippen molar-refractivity contribution in [2.45, 2.75) is 25.7 Å². The molecular weight excluding hydrogens is 330 g/mol. The second-order valence-corrected chi connectivity index (χ2v) is 6.54. The van der Waals surface area contributed by atoms with Crippen molar-refractivity contribution >= 4 is 17.7 Å². The van der Waals surface area contributed by atoms with Crippen molar-refractivity contribution in [2.24, 2.45) is 5.92 Å². The third-order valence-corrected chi connectivity index (χ3v) is 4.71. The molecule has 0 aliphatic carbocycles. The first-order valence-corrected chi connectivity index (χ1v) is 9.00. The van der Waals surface area contributed by atoms with Crippen molar-refractivity contribution in [3.05, 3.63) is 42.4 Å².